The van der Waals surface area contributed by atoms with Gasteiger partial charge >= 0.3 is 0 Å². The number of carbonyl (C=O) groups is 1. The minimum atomic E-state index is 0.123. The van der Waals surface area contributed by atoms with Gasteiger partial charge in [-0.3, -0.25) is 9.78 Å². The highest BCUT2D eigenvalue weighted by Gasteiger charge is 2.25. The maximum Gasteiger partial charge on any atom is 0.167 e. The lowest BCUT2D eigenvalue weighted by Gasteiger charge is -2.34. The lowest BCUT2D eigenvalue weighted by atomic mass is 9.95. The summed E-state index contributed by atoms with van der Waals surface area (Å²) in [4.78, 5) is 24.8. The predicted octanol–water partition coefficient (Wildman–Crippen LogP) is 2.94. The van der Waals surface area contributed by atoms with Crippen molar-refractivity contribution in [1.82, 2.24) is 9.97 Å². The number of carbonyl (C=O) groups excluding carboxylic acids is 1. The normalized spacial score (nSPS) is 19.5. The minimum absolute atomic E-state index is 0.123. The summed E-state index contributed by atoms with van der Waals surface area (Å²) >= 11 is 0. The van der Waals surface area contributed by atoms with E-state index in [1.54, 1.807) is 6.20 Å². The Morgan fingerprint density at radius 3 is 2.90 bits per heavy atom. The van der Waals surface area contributed by atoms with Gasteiger partial charge in [0.25, 0.3) is 0 Å². The number of fused-ring (bicyclic) bond motifs is 1. The zero-order valence-corrected chi connectivity index (χ0v) is 17.3. The van der Waals surface area contributed by atoms with Gasteiger partial charge in [0.2, 0.25) is 0 Å². The number of nitrogens with zero attached hydrogens (tertiary/aromatic N) is 3. The Morgan fingerprint density at radius 2 is 2.10 bits per heavy atom. The van der Waals surface area contributed by atoms with Crippen molar-refractivity contribution in [3.63, 3.8) is 0 Å². The Labute approximate surface area is 172 Å². The fourth-order valence-corrected chi connectivity index (χ4v) is 4.01. The Hall–Kier alpha value is -2.31. The molecule has 0 bridgehead atoms. The first-order valence-electron chi connectivity index (χ1n) is 10.6. The molecule has 4 rings (SSSR count). The van der Waals surface area contributed by atoms with E-state index in [-0.39, 0.29) is 11.9 Å². The zero-order valence-electron chi connectivity index (χ0n) is 17.3. The summed E-state index contributed by atoms with van der Waals surface area (Å²) in [6.07, 6.45) is 4.82. The highest BCUT2D eigenvalue weighted by molar-refractivity contribution is 5.99. The van der Waals surface area contributed by atoms with Crippen LogP contribution in [0.4, 0.5) is 5.82 Å². The molecule has 0 aliphatic carbocycles. The lowest BCUT2D eigenvalue weighted by molar-refractivity contribution is 0.0381. The van der Waals surface area contributed by atoms with Crippen molar-refractivity contribution in [2.45, 2.75) is 45.6 Å². The summed E-state index contributed by atoms with van der Waals surface area (Å²) < 4.78 is 11.5. The van der Waals surface area contributed by atoms with E-state index in [0.717, 1.165) is 66.2 Å². The van der Waals surface area contributed by atoms with Gasteiger partial charge in [0.05, 0.1) is 25.9 Å². The summed E-state index contributed by atoms with van der Waals surface area (Å²) in [6.45, 7) is 7.68. The molecule has 6 heteroatoms. The van der Waals surface area contributed by atoms with Crippen LogP contribution in [0.5, 0.6) is 0 Å². The molecule has 0 radical (unpaired) electrons. The van der Waals surface area contributed by atoms with Gasteiger partial charge in [0.1, 0.15) is 5.82 Å². The largest absolute Gasteiger partial charge is 0.381 e. The SMILES string of the molecule is CC[C@@H]1CN(c2cc(C(=O)Cc3ccc(C)nc3)c3c(n2)CCOCC3)CCO1. The number of ketones is 1. The van der Waals surface area contributed by atoms with E-state index in [0.29, 0.717) is 26.2 Å². The van der Waals surface area contributed by atoms with Crippen LogP contribution in [0, 0.1) is 6.92 Å². The van der Waals surface area contributed by atoms with Gasteiger partial charge in [0, 0.05) is 49.1 Å². The number of anilines is 1. The summed E-state index contributed by atoms with van der Waals surface area (Å²) in [5.74, 6) is 1.01. The molecule has 0 amide bonds. The van der Waals surface area contributed by atoms with Gasteiger partial charge in [-0.2, -0.15) is 0 Å². The Balaban J connectivity index is 1.67. The summed E-state index contributed by atoms with van der Waals surface area (Å²) in [5.41, 5.74) is 4.74. The Bertz CT molecular complexity index is 866. The molecule has 0 spiro atoms. The van der Waals surface area contributed by atoms with Gasteiger partial charge in [0.15, 0.2) is 5.78 Å². The van der Waals surface area contributed by atoms with Crippen LogP contribution < -0.4 is 4.90 Å². The van der Waals surface area contributed by atoms with E-state index in [2.05, 4.69) is 16.8 Å². The highest BCUT2D eigenvalue weighted by atomic mass is 16.5. The molecule has 6 nitrogen and oxygen atoms in total. The predicted molar refractivity (Wildman–Crippen MR) is 112 cm³/mol. The number of rotatable bonds is 5. The van der Waals surface area contributed by atoms with E-state index in [1.807, 2.05) is 25.1 Å². The Morgan fingerprint density at radius 1 is 1.24 bits per heavy atom. The fourth-order valence-electron chi connectivity index (χ4n) is 4.01. The van der Waals surface area contributed by atoms with Gasteiger partial charge in [-0.05, 0) is 43.0 Å². The molecule has 2 aromatic rings. The quantitative estimate of drug-likeness (QED) is 0.726. The van der Waals surface area contributed by atoms with Gasteiger partial charge in [-0.15, -0.1) is 0 Å². The van der Waals surface area contributed by atoms with E-state index < -0.39 is 0 Å². The molecule has 0 N–H and O–H groups in total. The smallest absolute Gasteiger partial charge is 0.167 e. The molecule has 154 valence electrons. The fraction of sp³-hybridized carbons (Fsp3) is 0.522. The summed E-state index contributed by atoms with van der Waals surface area (Å²) in [6, 6.07) is 5.93. The van der Waals surface area contributed by atoms with E-state index >= 15 is 0 Å². The van der Waals surface area contributed by atoms with Crippen LogP contribution in [0.2, 0.25) is 0 Å². The molecule has 2 aliphatic heterocycles. The molecule has 0 unspecified atom stereocenters. The van der Waals surface area contributed by atoms with Crippen molar-refractivity contribution in [1.29, 1.82) is 0 Å². The van der Waals surface area contributed by atoms with Gasteiger partial charge < -0.3 is 14.4 Å². The average molecular weight is 396 g/mol. The summed E-state index contributed by atoms with van der Waals surface area (Å²) in [7, 11) is 0. The molecule has 1 atom stereocenters. The minimum Gasteiger partial charge on any atom is -0.381 e. The van der Waals surface area contributed by atoms with Crippen LogP contribution >= 0.6 is 0 Å². The van der Waals surface area contributed by atoms with Crippen molar-refractivity contribution < 1.29 is 14.3 Å². The van der Waals surface area contributed by atoms with Crippen LogP contribution in [-0.2, 0) is 28.7 Å². The van der Waals surface area contributed by atoms with Gasteiger partial charge in [-0.1, -0.05) is 13.0 Å². The van der Waals surface area contributed by atoms with Crippen molar-refractivity contribution in [3.05, 3.63) is 52.5 Å². The number of ether oxygens (including phenoxy) is 2. The molecular formula is C23H29N3O3. The summed E-state index contributed by atoms with van der Waals surface area (Å²) in [5, 5.41) is 0. The number of hydrogen-bond donors (Lipinski definition) is 0. The second kappa shape index (κ2) is 9.01. The monoisotopic (exact) mass is 395 g/mol. The lowest BCUT2D eigenvalue weighted by Crippen LogP contribution is -2.42. The van der Waals surface area contributed by atoms with Crippen LogP contribution in [-0.4, -0.2) is 54.8 Å². The van der Waals surface area contributed by atoms with Crippen molar-refractivity contribution in [2.24, 2.45) is 0 Å². The number of hydrogen-bond acceptors (Lipinski definition) is 6. The number of aromatic nitrogens is 2. The van der Waals surface area contributed by atoms with Crippen molar-refractivity contribution >= 4 is 11.6 Å². The second-order valence-electron chi connectivity index (χ2n) is 7.82. The molecule has 1 fully saturated rings. The van der Waals surface area contributed by atoms with Crippen molar-refractivity contribution in [2.75, 3.05) is 37.8 Å². The topological polar surface area (TPSA) is 64.6 Å². The first-order chi connectivity index (χ1) is 14.1. The molecule has 2 aromatic heterocycles. The molecule has 4 heterocycles. The highest BCUT2D eigenvalue weighted by Crippen LogP contribution is 2.26. The average Bonchev–Trinajstić information content (AvgIpc) is 3.00. The molecule has 29 heavy (non-hydrogen) atoms. The molecule has 0 saturated carbocycles. The van der Waals surface area contributed by atoms with E-state index in [4.69, 9.17) is 14.5 Å². The number of morpholine rings is 1. The van der Waals surface area contributed by atoms with E-state index in [1.165, 1.54) is 0 Å². The van der Waals surface area contributed by atoms with Crippen molar-refractivity contribution in [3.8, 4) is 0 Å². The maximum absolute atomic E-state index is 13.3. The van der Waals surface area contributed by atoms with Crippen LogP contribution in [0.3, 0.4) is 0 Å². The number of aryl methyl sites for hydroxylation is 1. The zero-order chi connectivity index (χ0) is 20.2. The van der Waals surface area contributed by atoms with Crippen LogP contribution in [0.25, 0.3) is 0 Å². The van der Waals surface area contributed by atoms with Gasteiger partial charge in [-0.25, -0.2) is 4.98 Å². The van der Waals surface area contributed by atoms with E-state index in [9.17, 15) is 4.79 Å². The third kappa shape index (κ3) is 4.65. The van der Waals surface area contributed by atoms with Crippen LogP contribution in [0.1, 0.15) is 46.2 Å². The third-order valence-corrected chi connectivity index (χ3v) is 5.73. The Kier molecular flexibility index (Phi) is 6.21. The second-order valence-corrected chi connectivity index (χ2v) is 7.82. The maximum atomic E-state index is 13.3. The number of pyridine rings is 2. The molecular weight excluding hydrogens is 366 g/mol. The molecule has 1 saturated heterocycles. The number of Topliss-reactive ketones (excluding diaryl/α,β-unsaturated/α-hetero) is 1. The standard InChI is InChI=1S/C23H29N3O3/c1-3-18-15-26(8-11-29-18)23-13-20(19-6-9-28-10-7-21(19)25-23)22(27)12-17-5-4-16(2)24-14-17/h4-5,13-14,18H,3,6-12,15H2,1-2H3/t18-/m1/s1. The first kappa shape index (κ1) is 20.0. The molecule has 0 aromatic carbocycles. The third-order valence-electron chi connectivity index (χ3n) is 5.73. The first-order valence-corrected chi connectivity index (χ1v) is 10.6. The molecule has 2 aliphatic rings. The van der Waals surface area contributed by atoms with Crippen LogP contribution in [0.15, 0.2) is 24.4 Å².